The number of nitrogens with zero attached hydrogens (tertiary/aromatic N) is 1. The molecule has 138 valence electrons. The van der Waals surface area contributed by atoms with Crippen molar-refractivity contribution in [2.75, 3.05) is 5.73 Å². The SMILES string of the molecule is Cc1nc(N)ccc1CNC(=O)[C@H](C(N)=O)c1cccc(C(F)(F)F)c1. The van der Waals surface area contributed by atoms with Crippen LogP contribution < -0.4 is 16.8 Å². The first-order chi connectivity index (χ1) is 12.1. The lowest BCUT2D eigenvalue weighted by molar-refractivity contribution is -0.138. The number of aryl methyl sites for hydroxylation is 1. The van der Waals surface area contributed by atoms with Crippen LogP contribution in [0.3, 0.4) is 0 Å². The Hall–Kier alpha value is -3.10. The third kappa shape index (κ3) is 4.50. The molecule has 0 spiro atoms. The van der Waals surface area contributed by atoms with E-state index in [1.54, 1.807) is 19.1 Å². The Morgan fingerprint density at radius 1 is 1.23 bits per heavy atom. The summed E-state index contributed by atoms with van der Waals surface area (Å²) in [5.41, 5.74) is 10.9. The van der Waals surface area contributed by atoms with E-state index in [4.69, 9.17) is 11.5 Å². The molecule has 0 aliphatic carbocycles. The molecule has 0 bridgehead atoms. The summed E-state index contributed by atoms with van der Waals surface area (Å²) in [5.74, 6) is -3.07. The molecule has 1 aromatic carbocycles. The Balaban J connectivity index is 2.22. The predicted octanol–water partition coefficient (Wildman–Crippen LogP) is 1.88. The molecule has 0 fully saturated rings. The van der Waals surface area contributed by atoms with Gasteiger partial charge in [0.2, 0.25) is 11.8 Å². The number of anilines is 1. The van der Waals surface area contributed by atoms with Crippen molar-refractivity contribution >= 4 is 17.6 Å². The van der Waals surface area contributed by atoms with Crippen LogP contribution in [-0.4, -0.2) is 16.8 Å². The van der Waals surface area contributed by atoms with E-state index in [-0.39, 0.29) is 12.1 Å². The smallest absolute Gasteiger partial charge is 0.384 e. The average Bonchev–Trinajstić information content (AvgIpc) is 2.53. The number of hydrogen-bond donors (Lipinski definition) is 3. The number of hydrogen-bond acceptors (Lipinski definition) is 4. The first-order valence-corrected chi connectivity index (χ1v) is 7.55. The number of nitrogen functional groups attached to an aromatic ring is 1. The summed E-state index contributed by atoms with van der Waals surface area (Å²) in [6.07, 6.45) is -4.60. The summed E-state index contributed by atoms with van der Waals surface area (Å²) in [5, 5.41) is 2.50. The number of aromatic nitrogens is 1. The van der Waals surface area contributed by atoms with Gasteiger partial charge in [0, 0.05) is 12.2 Å². The highest BCUT2D eigenvalue weighted by atomic mass is 19.4. The van der Waals surface area contributed by atoms with Gasteiger partial charge in [-0.05, 0) is 30.2 Å². The van der Waals surface area contributed by atoms with E-state index in [0.29, 0.717) is 17.1 Å². The van der Waals surface area contributed by atoms with Crippen LogP contribution >= 0.6 is 0 Å². The van der Waals surface area contributed by atoms with E-state index < -0.39 is 29.5 Å². The lowest BCUT2D eigenvalue weighted by Gasteiger charge is -2.16. The van der Waals surface area contributed by atoms with Gasteiger partial charge in [-0.25, -0.2) is 4.98 Å². The first-order valence-electron chi connectivity index (χ1n) is 7.55. The van der Waals surface area contributed by atoms with Gasteiger partial charge in [-0.2, -0.15) is 13.2 Å². The molecule has 1 aromatic heterocycles. The van der Waals surface area contributed by atoms with E-state index in [2.05, 4.69) is 10.3 Å². The standard InChI is InChI=1S/C17H17F3N4O2/c1-9-11(5-6-13(21)24-9)8-23-16(26)14(15(22)25)10-3-2-4-12(7-10)17(18,19)20/h2-7,14H,8H2,1H3,(H2,21,24)(H2,22,25)(H,23,26)/t14-/m0/s1. The van der Waals surface area contributed by atoms with Crippen molar-refractivity contribution in [1.82, 2.24) is 10.3 Å². The van der Waals surface area contributed by atoms with Crippen LogP contribution in [0.25, 0.3) is 0 Å². The molecule has 0 saturated heterocycles. The first kappa shape index (κ1) is 19.2. The Morgan fingerprint density at radius 2 is 1.92 bits per heavy atom. The number of alkyl halides is 3. The Morgan fingerprint density at radius 3 is 2.50 bits per heavy atom. The largest absolute Gasteiger partial charge is 0.416 e. The topological polar surface area (TPSA) is 111 Å². The summed E-state index contributed by atoms with van der Waals surface area (Å²) in [4.78, 5) is 28.1. The van der Waals surface area contributed by atoms with Gasteiger partial charge < -0.3 is 16.8 Å². The fourth-order valence-electron chi connectivity index (χ4n) is 2.42. The number of halogens is 3. The van der Waals surface area contributed by atoms with Crippen LogP contribution in [0.2, 0.25) is 0 Å². The van der Waals surface area contributed by atoms with Crippen LogP contribution in [0.5, 0.6) is 0 Å². The van der Waals surface area contributed by atoms with E-state index in [1.165, 1.54) is 6.07 Å². The third-order valence-corrected chi connectivity index (χ3v) is 3.76. The Bertz CT molecular complexity index is 837. The van der Waals surface area contributed by atoms with Gasteiger partial charge in [0.05, 0.1) is 5.56 Å². The lowest BCUT2D eigenvalue weighted by atomic mass is 9.95. The average molecular weight is 366 g/mol. The van der Waals surface area contributed by atoms with Gasteiger partial charge >= 0.3 is 6.18 Å². The van der Waals surface area contributed by atoms with Crippen LogP contribution in [0.4, 0.5) is 19.0 Å². The second-order valence-corrected chi connectivity index (χ2v) is 5.66. The molecule has 0 saturated carbocycles. The van der Waals surface area contributed by atoms with Crippen molar-refractivity contribution in [1.29, 1.82) is 0 Å². The van der Waals surface area contributed by atoms with Crippen molar-refractivity contribution in [3.8, 4) is 0 Å². The van der Waals surface area contributed by atoms with Gasteiger partial charge in [-0.1, -0.05) is 24.3 Å². The molecule has 2 aromatic rings. The number of benzene rings is 1. The molecule has 2 rings (SSSR count). The molecule has 9 heteroatoms. The molecule has 1 atom stereocenters. The van der Waals surface area contributed by atoms with Gasteiger partial charge in [-0.3, -0.25) is 9.59 Å². The minimum atomic E-state index is -4.60. The molecule has 5 N–H and O–H groups in total. The maximum absolute atomic E-state index is 12.8. The maximum atomic E-state index is 12.8. The van der Waals surface area contributed by atoms with Crippen LogP contribution in [0, 0.1) is 6.92 Å². The zero-order valence-electron chi connectivity index (χ0n) is 13.8. The summed E-state index contributed by atoms with van der Waals surface area (Å²) in [7, 11) is 0. The van der Waals surface area contributed by atoms with Gasteiger partial charge in [0.25, 0.3) is 0 Å². The highest BCUT2D eigenvalue weighted by molar-refractivity contribution is 6.05. The molecule has 1 heterocycles. The zero-order chi connectivity index (χ0) is 19.5. The summed E-state index contributed by atoms with van der Waals surface area (Å²) in [6, 6.07) is 7.16. The maximum Gasteiger partial charge on any atom is 0.416 e. The molecule has 0 aliphatic heterocycles. The molecule has 26 heavy (non-hydrogen) atoms. The van der Waals surface area contributed by atoms with E-state index in [9.17, 15) is 22.8 Å². The van der Waals surface area contributed by atoms with Crippen LogP contribution in [0.1, 0.15) is 28.3 Å². The number of nitrogens with two attached hydrogens (primary N) is 2. The van der Waals surface area contributed by atoms with Gasteiger partial charge in [0.15, 0.2) is 0 Å². The number of amides is 2. The highest BCUT2D eigenvalue weighted by Gasteiger charge is 2.33. The normalized spacial score (nSPS) is 12.5. The Labute approximate surface area is 147 Å². The second-order valence-electron chi connectivity index (χ2n) is 5.66. The minimum Gasteiger partial charge on any atom is -0.384 e. The number of carbonyl (C=O) groups excluding carboxylic acids is 2. The molecule has 0 unspecified atom stereocenters. The number of pyridine rings is 1. The van der Waals surface area contributed by atoms with Gasteiger partial charge in [-0.15, -0.1) is 0 Å². The molecule has 2 amide bonds. The summed E-state index contributed by atoms with van der Waals surface area (Å²) >= 11 is 0. The van der Waals surface area contributed by atoms with Crippen molar-refractivity contribution < 1.29 is 22.8 Å². The predicted molar refractivity (Wildman–Crippen MR) is 88.6 cm³/mol. The molecule has 0 radical (unpaired) electrons. The number of primary amides is 1. The highest BCUT2D eigenvalue weighted by Crippen LogP contribution is 2.31. The summed E-state index contributed by atoms with van der Waals surface area (Å²) in [6.45, 7) is 1.72. The fourth-order valence-corrected chi connectivity index (χ4v) is 2.42. The zero-order valence-corrected chi connectivity index (χ0v) is 13.8. The second kappa shape index (κ2) is 7.42. The lowest BCUT2D eigenvalue weighted by Crippen LogP contribution is -2.37. The molecular weight excluding hydrogens is 349 g/mol. The van der Waals surface area contributed by atoms with Crippen molar-refractivity contribution in [2.24, 2.45) is 5.73 Å². The molecular formula is C17H17F3N4O2. The van der Waals surface area contributed by atoms with E-state index in [1.807, 2.05) is 0 Å². The Kier molecular flexibility index (Phi) is 5.49. The number of carbonyl (C=O) groups is 2. The van der Waals surface area contributed by atoms with Crippen LogP contribution in [0.15, 0.2) is 36.4 Å². The third-order valence-electron chi connectivity index (χ3n) is 3.76. The number of nitrogens with one attached hydrogen (secondary N) is 1. The van der Waals surface area contributed by atoms with E-state index >= 15 is 0 Å². The quantitative estimate of drug-likeness (QED) is 0.702. The van der Waals surface area contributed by atoms with Crippen molar-refractivity contribution in [3.63, 3.8) is 0 Å². The monoisotopic (exact) mass is 366 g/mol. The van der Waals surface area contributed by atoms with E-state index in [0.717, 1.165) is 18.2 Å². The van der Waals surface area contributed by atoms with Crippen molar-refractivity contribution in [2.45, 2.75) is 25.6 Å². The summed E-state index contributed by atoms with van der Waals surface area (Å²) < 4.78 is 38.5. The van der Waals surface area contributed by atoms with Crippen molar-refractivity contribution in [3.05, 3.63) is 58.8 Å². The molecule has 6 nitrogen and oxygen atoms in total. The fraction of sp³-hybridized carbons (Fsp3) is 0.235. The number of rotatable bonds is 5. The van der Waals surface area contributed by atoms with Gasteiger partial charge in [0.1, 0.15) is 11.7 Å². The molecule has 0 aliphatic rings. The van der Waals surface area contributed by atoms with Crippen LogP contribution in [-0.2, 0) is 22.3 Å². The minimum absolute atomic E-state index is 0.0285.